The lowest BCUT2D eigenvalue weighted by molar-refractivity contribution is -0.129. The van der Waals surface area contributed by atoms with Gasteiger partial charge in [-0.3, -0.25) is 9.69 Å². The van der Waals surface area contributed by atoms with Crippen molar-refractivity contribution in [3.05, 3.63) is 90.0 Å². The third-order valence-electron chi connectivity index (χ3n) is 7.05. The fourth-order valence-electron chi connectivity index (χ4n) is 4.81. The molecule has 10 nitrogen and oxygen atoms in total. The van der Waals surface area contributed by atoms with Crippen molar-refractivity contribution in [1.29, 1.82) is 0 Å². The number of carbonyl (C=O) groups is 2. The van der Waals surface area contributed by atoms with Crippen LogP contribution in [-0.2, 0) is 26.0 Å². The van der Waals surface area contributed by atoms with E-state index in [0.29, 0.717) is 5.75 Å². The minimum atomic E-state index is -4.08. The van der Waals surface area contributed by atoms with Gasteiger partial charge in [-0.15, -0.1) is 0 Å². The minimum absolute atomic E-state index is 0.0106. The summed E-state index contributed by atoms with van der Waals surface area (Å²) in [6, 6.07) is 16.9. The van der Waals surface area contributed by atoms with E-state index in [0.717, 1.165) is 22.6 Å². The molecule has 1 fully saturated rings. The van der Waals surface area contributed by atoms with Gasteiger partial charge in [0.25, 0.3) is 5.91 Å². The second kappa shape index (κ2) is 14.1. The molecular formula is C31H35F2N3O7S. The third-order valence-corrected chi connectivity index (χ3v) is 8.88. The number of aliphatic hydroxyl groups is 1. The number of anilines is 1. The van der Waals surface area contributed by atoms with Gasteiger partial charge < -0.3 is 19.9 Å². The van der Waals surface area contributed by atoms with Crippen molar-refractivity contribution in [1.82, 2.24) is 9.62 Å². The Morgan fingerprint density at radius 3 is 2.45 bits per heavy atom. The maximum absolute atomic E-state index is 13.8. The van der Waals surface area contributed by atoms with Gasteiger partial charge in [0, 0.05) is 25.2 Å². The molecule has 3 aromatic rings. The Morgan fingerprint density at radius 1 is 1.07 bits per heavy atom. The molecular weight excluding hydrogens is 596 g/mol. The number of cyclic esters (lactones) is 1. The average Bonchev–Trinajstić information content (AvgIpc) is 3.39. The highest BCUT2D eigenvalue weighted by Gasteiger charge is 2.39. The zero-order valence-electron chi connectivity index (χ0n) is 24.5. The van der Waals surface area contributed by atoms with Gasteiger partial charge in [0.15, 0.2) is 17.7 Å². The van der Waals surface area contributed by atoms with E-state index in [9.17, 15) is 31.9 Å². The van der Waals surface area contributed by atoms with Crippen LogP contribution in [0.5, 0.6) is 5.75 Å². The Morgan fingerprint density at radius 2 is 1.80 bits per heavy atom. The molecule has 0 unspecified atom stereocenters. The van der Waals surface area contributed by atoms with Gasteiger partial charge in [-0.25, -0.2) is 22.0 Å². The smallest absolute Gasteiger partial charge is 0.415 e. The van der Waals surface area contributed by atoms with Crippen molar-refractivity contribution in [3.63, 3.8) is 0 Å². The number of halogens is 2. The fraction of sp³-hybridized carbons (Fsp3) is 0.355. The lowest BCUT2D eigenvalue weighted by Gasteiger charge is -2.31. The predicted octanol–water partition coefficient (Wildman–Crippen LogP) is 3.73. The quantitative estimate of drug-likeness (QED) is 0.295. The van der Waals surface area contributed by atoms with E-state index in [4.69, 9.17) is 9.47 Å². The Bertz CT molecular complexity index is 1570. The number of aliphatic hydroxyl groups excluding tert-OH is 1. The van der Waals surface area contributed by atoms with E-state index < -0.39 is 51.9 Å². The average molecular weight is 632 g/mol. The van der Waals surface area contributed by atoms with Crippen LogP contribution in [0.2, 0.25) is 0 Å². The van der Waals surface area contributed by atoms with Crippen LogP contribution in [0.3, 0.4) is 0 Å². The van der Waals surface area contributed by atoms with Crippen LogP contribution in [0, 0.1) is 17.6 Å². The van der Waals surface area contributed by atoms with Crippen molar-refractivity contribution in [2.45, 2.75) is 43.4 Å². The number of nitrogens with zero attached hydrogens (tertiary/aromatic N) is 2. The number of hydrogen-bond donors (Lipinski definition) is 2. The molecule has 1 aliphatic heterocycles. The lowest BCUT2D eigenvalue weighted by atomic mass is 10.0. The first kappa shape index (κ1) is 32.8. The van der Waals surface area contributed by atoms with Gasteiger partial charge in [-0.2, -0.15) is 4.31 Å². The van der Waals surface area contributed by atoms with Crippen molar-refractivity contribution in [2.75, 3.05) is 31.6 Å². The number of ether oxygens (including phenoxy) is 2. The van der Waals surface area contributed by atoms with Gasteiger partial charge >= 0.3 is 6.09 Å². The molecule has 2 amide bonds. The molecule has 0 aromatic heterocycles. The summed E-state index contributed by atoms with van der Waals surface area (Å²) in [5.74, 6) is -2.73. The summed E-state index contributed by atoms with van der Waals surface area (Å²) in [7, 11) is -2.65. The molecule has 1 saturated heterocycles. The zero-order valence-corrected chi connectivity index (χ0v) is 25.3. The molecule has 13 heteroatoms. The molecule has 1 heterocycles. The summed E-state index contributed by atoms with van der Waals surface area (Å²) in [6.07, 6.45) is -3.49. The topological polar surface area (TPSA) is 125 Å². The van der Waals surface area contributed by atoms with E-state index >= 15 is 0 Å². The molecule has 236 valence electrons. The summed E-state index contributed by atoms with van der Waals surface area (Å²) in [6.45, 7) is 3.15. The zero-order chi connectivity index (χ0) is 32.0. The number of hydrogen-bond acceptors (Lipinski definition) is 7. The van der Waals surface area contributed by atoms with E-state index in [1.165, 1.54) is 29.6 Å². The Hall–Kier alpha value is -4.07. The minimum Gasteiger partial charge on any atom is -0.497 e. The molecule has 0 aliphatic carbocycles. The van der Waals surface area contributed by atoms with Gasteiger partial charge in [0.2, 0.25) is 10.0 Å². The van der Waals surface area contributed by atoms with Gasteiger partial charge in [-0.1, -0.05) is 50.2 Å². The van der Waals surface area contributed by atoms with Crippen LogP contribution in [0.1, 0.15) is 19.4 Å². The molecule has 0 spiro atoms. The van der Waals surface area contributed by atoms with Crippen LogP contribution in [-0.4, -0.2) is 74.8 Å². The number of nitrogens with one attached hydrogen (secondary N) is 1. The first-order valence-electron chi connectivity index (χ1n) is 14.0. The largest absolute Gasteiger partial charge is 0.497 e. The van der Waals surface area contributed by atoms with Gasteiger partial charge in [-0.05, 0) is 42.2 Å². The number of rotatable bonds is 13. The monoisotopic (exact) mass is 631 g/mol. The summed E-state index contributed by atoms with van der Waals surface area (Å²) in [5.41, 5.74) is 0.770. The van der Waals surface area contributed by atoms with Gasteiger partial charge in [0.1, 0.15) is 5.75 Å². The van der Waals surface area contributed by atoms with E-state index in [1.807, 2.05) is 19.9 Å². The van der Waals surface area contributed by atoms with E-state index in [-0.39, 0.29) is 42.6 Å². The Labute approximate surface area is 255 Å². The fourth-order valence-corrected chi connectivity index (χ4v) is 6.47. The number of methoxy groups -OCH3 is 1. The molecule has 4 rings (SSSR count). The Kier molecular flexibility index (Phi) is 10.6. The highest BCUT2D eigenvalue weighted by Crippen LogP contribution is 2.25. The molecule has 3 aromatic carbocycles. The molecule has 1 aliphatic rings. The maximum Gasteiger partial charge on any atom is 0.415 e. The second-order valence-corrected chi connectivity index (χ2v) is 12.8. The number of amides is 2. The molecule has 0 bridgehead atoms. The van der Waals surface area contributed by atoms with Crippen molar-refractivity contribution in [3.8, 4) is 5.75 Å². The van der Waals surface area contributed by atoms with Crippen LogP contribution >= 0.6 is 0 Å². The van der Waals surface area contributed by atoms with Crippen molar-refractivity contribution < 1.29 is 41.4 Å². The second-order valence-electron chi connectivity index (χ2n) is 10.8. The third kappa shape index (κ3) is 7.90. The van der Waals surface area contributed by atoms with Crippen LogP contribution in [0.4, 0.5) is 19.3 Å². The standard InChI is InChI=1S/C31H35F2N3O7S/c1-20(2)17-35(44(40,41)24-11-7-10-23(16-24)42-3)18-28(37)27(14-21-8-5-4-6-9-21)34-30(38)29-19-36(31(39)43-29)22-12-13-25(32)26(33)15-22/h4-13,15-16,20,27-29,37H,14,17-19H2,1-3H3,(H,34,38)/t27-,28+,29-/m0/s1. The van der Waals surface area contributed by atoms with E-state index in [2.05, 4.69) is 5.32 Å². The van der Waals surface area contributed by atoms with Crippen molar-refractivity contribution >= 4 is 27.7 Å². The molecule has 2 N–H and O–H groups in total. The normalized spacial score (nSPS) is 16.6. The first-order valence-corrected chi connectivity index (χ1v) is 15.4. The SMILES string of the molecule is COc1cccc(S(=O)(=O)N(CC(C)C)C[C@@H](O)[C@H](Cc2ccccc2)NC(=O)[C@@H]2CN(c3ccc(F)c(F)c3)C(=O)O2)c1. The van der Waals surface area contributed by atoms with Gasteiger partial charge in [0.05, 0.1) is 36.4 Å². The molecule has 0 saturated carbocycles. The number of sulfonamides is 1. The van der Waals surface area contributed by atoms with Crippen LogP contribution in [0.15, 0.2) is 77.7 Å². The van der Waals surface area contributed by atoms with Crippen LogP contribution < -0.4 is 15.0 Å². The predicted molar refractivity (Wildman–Crippen MR) is 159 cm³/mol. The van der Waals surface area contributed by atoms with E-state index in [1.54, 1.807) is 36.4 Å². The Balaban J connectivity index is 1.56. The molecule has 44 heavy (non-hydrogen) atoms. The summed E-state index contributed by atoms with van der Waals surface area (Å²) in [5, 5.41) is 14.2. The summed E-state index contributed by atoms with van der Waals surface area (Å²) in [4.78, 5) is 26.8. The summed E-state index contributed by atoms with van der Waals surface area (Å²) < 4.78 is 66.2. The highest BCUT2D eigenvalue weighted by atomic mass is 32.2. The highest BCUT2D eigenvalue weighted by molar-refractivity contribution is 7.89. The summed E-state index contributed by atoms with van der Waals surface area (Å²) >= 11 is 0. The molecule has 3 atom stereocenters. The first-order chi connectivity index (χ1) is 20.9. The lowest BCUT2D eigenvalue weighted by Crippen LogP contribution is -2.53. The number of carbonyl (C=O) groups excluding carboxylic acids is 2. The van der Waals surface area contributed by atoms with Crippen molar-refractivity contribution in [2.24, 2.45) is 5.92 Å². The molecule has 0 radical (unpaired) electrons. The maximum atomic E-state index is 13.8. The van der Waals surface area contributed by atoms with Crippen LogP contribution in [0.25, 0.3) is 0 Å². The number of benzene rings is 3.